The van der Waals surface area contributed by atoms with E-state index in [2.05, 4.69) is 20.3 Å². The number of carbonyl (C=O) groups is 3. The van der Waals surface area contributed by atoms with Crippen LogP contribution in [-0.2, 0) is 25.4 Å². The van der Waals surface area contributed by atoms with Gasteiger partial charge in [0, 0.05) is 50.0 Å². The molecule has 0 bridgehead atoms. The molecule has 1 aliphatic rings. The van der Waals surface area contributed by atoms with Gasteiger partial charge in [-0.1, -0.05) is 0 Å². The quantitative estimate of drug-likeness (QED) is 0.312. The number of pyridine rings is 2. The third-order valence-corrected chi connectivity index (χ3v) is 6.46. The summed E-state index contributed by atoms with van der Waals surface area (Å²) in [5.74, 6) is -0.659. The molecule has 4 rings (SSSR count). The summed E-state index contributed by atoms with van der Waals surface area (Å²) in [5.41, 5.74) is 1.10. The number of rotatable bonds is 12. The lowest BCUT2D eigenvalue weighted by Crippen LogP contribution is -2.40. The summed E-state index contributed by atoms with van der Waals surface area (Å²) in [6, 6.07) is 6.08. The highest BCUT2D eigenvalue weighted by molar-refractivity contribution is 7.14. The lowest BCUT2D eigenvalue weighted by atomic mass is 10.2. The number of nitrogens with zero attached hydrogens (tertiary/aromatic N) is 4. The number of methoxy groups -OCH3 is 1. The predicted octanol–water partition coefficient (Wildman–Crippen LogP) is 2.97. The van der Waals surface area contributed by atoms with Crippen LogP contribution in [-0.4, -0.2) is 90.4 Å². The van der Waals surface area contributed by atoms with Crippen LogP contribution < -0.4 is 14.8 Å². The van der Waals surface area contributed by atoms with Gasteiger partial charge in [-0.25, -0.2) is 9.97 Å². The number of carbonyl (C=O) groups excluding carboxylic acids is 3. The Hall–Kier alpha value is -4.14. The first kappa shape index (κ1) is 29.8. The lowest BCUT2D eigenvalue weighted by molar-refractivity contribution is -0.142. The topological polar surface area (TPSA) is 151 Å². The van der Waals surface area contributed by atoms with Gasteiger partial charge in [-0.05, 0) is 19.9 Å². The normalized spacial score (nSPS) is 13.8. The summed E-state index contributed by atoms with van der Waals surface area (Å²) >= 11 is 1.18. The molecular weight excluding hydrogens is 554 g/mol. The van der Waals surface area contributed by atoms with Gasteiger partial charge in [0.1, 0.15) is 6.10 Å². The Morgan fingerprint density at radius 1 is 1.10 bits per heavy atom. The Labute approximate surface area is 240 Å². The van der Waals surface area contributed by atoms with Crippen molar-refractivity contribution in [2.75, 3.05) is 51.9 Å². The van der Waals surface area contributed by atoms with Crippen LogP contribution in [0.25, 0.3) is 0 Å². The summed E-state index contributed by atoms with van der Waals surface area (Å²) in [7, 11) is 1.55. The fraction of sp³-hybridized carbons (Fsp3) is 0.407. The average molecular weight is 586 g/mol. The highest BCUT2D eigenvalue weighted by Gasteiger charge is 2.20. The maximum Gasteiger partial charge on any atom is 0.311 e. The van der Waals surface area contributed by atoms with Crippen molar-refractivity contribution in [3.05, 3.63) is 52.7 Å². The van der Waals surface area contributed by atoms with E-state index in [0.717, 1.165) is 0 Å². The number of hydrogen-bond donors (Lipinski definition) is 1. The van der Waals surface area contributed by atoms with Gasteiger partial charge in [0.05, 0.1) is 49.7 Å². The van der Waals surface area contributed by atoms with Crippen LogP contribution in [0, 0.1) is 0 Å². The molecule has 3 aromatic heterocycles. The first-order chi connectivity index (χ1) is 19.8. The molecule has 3 aromatic rings. The first-order valence-electron chi connectivity index (χ1n) is 12.9. The summed E-state index contributed by atoms with van der Waals surface area (Å²) in [6.45, 7) is 6.15. The minimum absolute atomic E-state index is 0.00661. The molecule has 0 radical (unpaired) electrons. The smallest absolute Gasteiger partial charge is 0.311 e. The van der Waals surface area contributed by atoms with Crippen molar-refractivity contribution in [1.29, 1.82) is 0 Å². The number of nitrogens with one attached hydrogen (secondary N) is 1. The van der Waals surface area contributed by atoms with Gasteiger partial charge in [-0.2, -0.15) is 4.98 Å². The lowest BCUT2D eigenvalue weighted by Gasteiger charge is -2.26. The second-order valence-corrected chi connectivity index (χ2v) is 9.75. The van der Waals surface area contributed by atoms with Crippen molar-refractivity contribution >= 4 is 34.3 Å². The minimum Gasteiger partial charge on any atom is -0.472 e. The molecule has 0 spiro atoms. The molecule has 0 unspecified atom stereocenters. The molecule has 1 N–H and O–H groups in total. The average Bonchev–Trinajstić information content (AvgIpc) is 3.40. The van der Waals surface area contributed by atoms with Crippen molar-refractivity contribution in [3.63, 3.8) is 0 Å². The van der Waals surface area contributed by atoms with Gasteiger partial charge in [0.15, 0.2) is 5.13 Å². The Morgan fingerprint density at radius 3 is 2.59 bits per heavy atom. The highest BCUT2D eigenvalue weighted by atomic mass is 32.1. The van der Waals surface area contributed by atoms with E-state index in [1.54, 1.807) is 43.4 Å². The third-order valence-electron chi connectivity index (χ3n) is 5.66. The molecule has 13 nitrogen and oxygen atoms in total. The molecule has 1 fully saturated rings. The third kappa shape index (κ3) is 8.67. The number of thiazole rings is 1. The molecule has 14 heteroatoms. The van der Waals surface area contributed by atoms with Gasteiger partial charge < -0.3 is 28.6 Å². The van der Waals surface area contributed by atoms with Crippen molar-refractivity contribution in [2.24, 2.45) is 0 Å². The monoisotopic (exact) mass is 585 g/mol. The van der Waals surface area contributed by atoms with Crippen LogP contribution in [0.2, 0.25) is 0 Å². The Bertz CT molecular complexity index is 1340. The largest absolute Gasteiger partial charge is 0.472 e. The summed E-state index contributed by atoms with van der Waals surface area (Å²) in [5, 5.41) is 4.70. The highest BCUT2D eigenvalue weighted by Crippen LogP contribution is 2.25. The van der Waals surface area contributed by atoms with E-state index in [4.69, 9.17) is 23.7 Å². The number of ether oxygens (including phenoxy) is 5. The number of anilines is 1. The van der Waals surface area contributed by atoms with E-state index in [1.807, 2.05) is 0 Å². The summed E-state index contributed by atoms with van der Waals surface area (Å²) in [4.78, 5) is 52.1. The van der Waals surface area contributed by atoms with Crippen molar-refractivity contribution < 1.29 is 38.1 Å². The molecule has 218 valence electrons. The molecule has 0 saturated carbocycles. The molecule has 0 aliphatic carbocycles. The van der Waals surface area contributed by atoms with E-state index in [0.29, 0.717) is 49.3 Å². The molecule has 2 amide bonds. The van der Waals surface area contributed by atoms with Crippen molar-refractivity contribution in [1.82, 2.24) is 19.9 Å². The number of aromatic nitrogens is 3. The van der Waals surface area contributed by atoms with Crippen LogP contribution in [0.3, 0.4) is 0 Å². The fourth-order valence-corrected chi connectivity index (χ4v) is 4.50. The molecule has 41 heavy (non-hydrogen) atoms. The van der Waals surface area contributed by atoms with Gasteiger partial charge in [-0.3, -0.25) is 19.7 Å². The number of hydrogen-bond acceptors (Lipinski definition) is 12. The van der Waals surface area contributed by atoms with Crippen molar-refractivity contribution in [3.8, 4) is 17.6 Å². The zero-order valence-electron chi connectivity index (χ0n) is 23.0. The van der Waals surface area contributed by atoms with Crippen LogP contribution >= 0.6 is 11.3 Å². The van der Waals surface area contributed by atoms with Gasteiger partial charge >= 0.3 is 5.97 Å². The second-order valence-electron chi connectivity index (χ2n) is 8.89. The van der Waals surface area contributed by atoms with E-state index < -0.39 is 11.9 Å². The van der Waals surface area contributed by atoms with Crippen molar-refractivity contribution in [2.45, 2.75) is 26.4 Å². The van der Waals surface area contributed by atoms with Gasteiger partial charge in [-0.15, -0.1) is 11.3 Å². The van der Waals surface area contributed by atoms with Crippen LogP contribution in [0.5, 0.6) is 17.6 Å². The molecule has 0 aromatic carbocycles. The molecule has 1 saturated heterocycles. The zero-order valence-corrected chi connectivity index (χ0v) is 23.8. The molecular formula is C27H31N5O8S. The predicted molar refractivity (Wildman–Crippen MR) is 148 cm³/mol. The van der Waals surface area contributed by atoms with Crippen LogP contribution in [0.4, 0.5) is 5.13 Å². The number of amides is 2. The minimum atomic E-state index is -0.488. The fourth-order valence-electron chi connectivity index (χ4n) is 3.80. The Morgan fingerprint density at radius 2 is 1.88 bits per heavy atom. The SMILES string of the molecule is CCOC(=O)Cc1csc(NC(=O)c2cc(Oc3ccc(C(=O)N4CCOCC4)cn3)nc(O[C@H](C)COC)c2)n1. The number of morpholine rings is 1. The maximum atomic E-state index is 13.1. The molecule has 1 aliphatic heterocycles. The van der Waals surface area contributed by atoms with E-state index >= 15 is 0 Å². The van der Waals surface area contributed by atoms with Crippen LogP contribution in [0.15, 0.2) is 35.8 Å². The Balaban J connectivity index is 1.49. The van der Waals surface area contributed by atoms with Crippen LogP contribution in [0.1, 0.15) is 40.3 Å². The van der Waals surface area contributed by atoms with E-state index in [1.165, 1.54) is 29.7 Å². The summed E-state index contributed by atoms with van der Waals surface area (Å²) in [6.07, 6.45) is 1.08. The standard InChI is InChI=1S/C27H31N5O8S/c1-4-38-24(33)13-20-16-41-27(29-20)31-25(34)19-11-22(39-17(2)15-36-3)30-23(12-19)40-21-6-5-18(14-28-21)26(35)32-7-9-37-10-8-32/h5-6,11-12,14,16-17H,4,7-10,13,15H2,1-3H3,(H,29,31,34)/t17-/m1/s1. The van der Waals surface area contributed by atoms with Gasteiger partial charge in [0.2, 0.25) is 17.6 Å². The zero-order chi connectivity index (χ0) is 29.2. The summed E-state index contributed by atoms with van der Waals surface area (Å²) < 4.78 is 27.0. The second kappa shape index (κ2) is 14.5. The van der Waals surface area contributed by atoms with E-state index in [9.17, 15) is 14.4 Å². The van der Waals surface area contributed by atoms with E-state index in [-0.39, 0.29) is 48.2 Å². The maximum absolute atomic E-state index is 13.1. The Kier molecular flexibility index (Phi) is 10.5. The molecule has 4 heterocycles. The molecule has 1 atom stereocenters. The number of esters is 1. The first-order valence-corrected chi connectivity index (χ1v) is 13.8. The van der Waals surface area contributed by atoms with Gasteiger partial charge in [0.25, 0.3) is 11.8 Å².